The third-order valence-electron chi connectivity index (χ3n) is 5.59. The van der Waals surface area contributed by atoms with Crippen molar-refractivity contribution in [2.75, 3.05) is 31.1 Å². The molecule has 7 heteroatoms. The zero-order valence-electron chi connectivity index (χ0n) is 17.5. The van der Waals surface area contributed by atoms with Crippen LogP contribution in [-0.2, 0) is 19.4 Å². The lowest BCUT2D eigenvalue weighted by Crippen LogP contribution is -2.46. The molecule has 30 heavy (non-hydrogen) atoms. The van der Waals surface area contributed by atoms with Gasteiger partial charge in [0.25, 0.3) is 0 Å². The van der Waals surface area contributed by atoms with Crippen molar-refractivity contribution in [3.8, 4) is 17.3 Å². The van der Waals surface area contributed by atoms with Crippen molar-refractivity contribution < 1.29 is 4.42 Å². The van der Waals surface area contributed by atoms with Crippen LogP contribution in [0.2, 0.25) is 0 Å². The Morgan fingerprint density at radius 2 is 1.80 bits per heavy atom. The average molecular weight is 403 g/mol. The predicted molar refractivity (Wildman–Crippen MR) is 115 cm³/mol. The smallest absolute Gasteiger partial charge is 0.208 e. The summed E-state index contributed by atoms with van der Waals surface area (Å²) < 4.78 is 5.69. The van der Waals surface area contributed by atoms with E-state index in [0.717, 1.165) is 67.4 Å². The Bertz CT molecular complexity index is 1030. The van der Waals surface area contributed by atoms with Crippen LogP contribution >= 0.6 is 0 Å². The zero-order valence-corrected chi connectivity index (χ0v) is 17.5. The summed E-state index contributed by atoms with van der Waals surface area (Å²) in [6, 6.07) is 12.4. The number of anilines is 1. The van der Waals surface area contributed by atoms with Gasteiger partial charge in [-0.25, -0.2) is 4.98 Å². The maximum Gasteiger partial charge on any atom is 0.208 e. The second-order valence-corrected chi connectivity index (χ2v) is 7.40. The van der Waals surface area contributed by atoms with Gasteiger partial charge in [0.15, 0.2) is 5.82 Å². The molecule has 0 radical (unpaired) electrons. The summed E-state index contributed by atoms with van der Waals surface area (Å²) in [5, 5.41) is 18.5. The van der Waals surface area contributed by atoms with E-state index in [1.165, 1.54) is 0 Å². The van der Waals surface area contributed by atoms with Crippen LogP contribution in [0, 0.1) is 11.3 Å². The van der Waals surface area contributed by atoms with Crippen LogP contribution in [0.4, 0.5) is 5.82 Å². The Balaban J connectivity index is 1.41. The average Bonchev–Trinajstić information content (AvgIpc) is 3.27. The molecule has 2 aromatic heterocycles. The first-order chi connectivity index (χ1) is 14.7. The fourth-order valence-electron chi connectivity index (χ4n) is 3.94. The molecule has 1 aromatic carbocycles. The molecular formula is C23H26N6O. The SMILES string of the molecule is CCc1nnc(N2CCN(Cc3nc(-c4ccccc4)co3)CC2)c(C#N)c1CC. The second-order valence-electron chi connectivity index (χ2n) is 7.40. The molecule has 0 unspecified atom stereocenters. The van der Waals surface area contributed by atoms with Crippen LogP contribution in [0.25, 0.3) is 11.3 Å². The normalized spacial score (nSPS) is 14.6. The van der Waals surface area contributed by atoms with Crippen molar-refractivity contribution in [3.05, 3.63) is 59.3 Å². The predicted octanol–water partition coefficient (Wildman–Crippen LogP) is 3.45. The van der Waals surface area contributed by atoms with Crippen molar-refractivity contribution >= 4 is 5.82 Å². The van der Waals surface area contributed by atoms with E-state index in [1.54, 1.807) is 6.26 Å². The number of hydrogen-bond acceptors (Lipinski definition) is 7. The van der Waals surface area contributed by atoms with Crippen molar-refractivity contribution in [3.63, 3.8) is 0 Å². The highest BCUT2D eigenvalue weighted by Crippen LogP contribution is 2.25. The van der Waals surface area contributed by atoms with Gasteiger partial charge in [-0.1, -0.05) is 44.2 Å². The van der Waals surface area contributed by atoms with Gasteiger partial charge < -0.3 is 9.32 Å². The van der Waals surface area contributed by atoms with Crippen LogP contribution in [0.1, 0.15) is 36.6 Å². The van der Waals surface area contributed by atoms with Gasteiger partial charge in [0.1, 0.15) is 23.6 Å². The number of oxazole rings is 1. The van der Waals surface area contributed by atoms with Gasteiger partial charge in [0, 0.05) is 31.7 Å². The molecule has 1 aliphatic rings. The number of benzene rings is 1. The summed E-state index contributed by atoms with van der Waals surface area (Å²) >= 11 is 0. The summed E-state index contributed by atoms with van der Waals surface area (Å²) in [6.45, 7) is 8.09. The molecule has 1 fully saturated rings. The van der Waals surface area contributed by atoms with E-state index in [2.05, 4.69) is 44.9 Å². The summed E-state index contributed by atoms with van der Waals surface area (Å²) in [5.41, 5.74) is 4.55. The molecule has 0 bridgehead atoms. The van der Waals surface area contributed by atoms with Gasteiger partial charge in [-0.15, -0.1) is 5.10 Å². The topological polar surface area (TPSA) is 82.1 Å². The number of aromatic nitrogens is 3. The standard InChI is InChI=1S/C23H26N6O/c1-3-18-19(14-24)23(27-26-20(18)4-2)29-12-10-28(11-13-29)15-22-25-21(16-30-22)17-8-6-5-7-9-17/h5-9,16H,3-4,10-13,15H2,1-2H3. The van der Waals surface area contributed by atoms with E-state index in [4.69, 9.17) is 4.42 Å². The fraction of sp³-hybridized carbons (Fsp3) is 0.391. The van der Waals surface area contributed by atoms with Gasteiger partial charge in [0.2, 0.25) is 5.89 Å². The van der Waals surface area contributed by atoms with E-state index < -0.39 is 0 Å². The Labute approximate surface area is 177 Å². The number of piperazine rings is 1. The quantitative estimate of drug-likeness (QED) is 0.624. The Hall–Kier alpha value is -3.24. The van der Waals surface area contributed by atoms with Gasteiger partial charge in [0.05, 0.1) is 12.2 Å². The van der Waals surface area contributed by atoms with E-state index in [-0.39, 0.29) is 0 Å². The Kier molecular flexibility index (Phi) is 6.05. The van der Waals surface area contributed by atoms with Crippen LogP contribution in [0.3, 0.4) is 0 Å². The molecule has 3 aromatic rings. The molecular weight excluding hydrogens is 376 g/mol. The molecule has 0 atom stereocenters. The minimum atomic E-state index is 0.673. The molecule has 154 valence electrons. The molecule has 0 saturated carbocycles. The minimum Gasteiger partial charge on any atom is -0.447 e. The summed E-state index contributed by atoms with van der Waals surface area (Å²) in [6.07, 6.45) is 3.31. The number of nitrogens with zero attached hydrogens (tertiary/aromatic N) is 6. The molecule has 4 rings (SSSR count). The molecule has 1 aliphatic heterocycles. The third kappa shape index (κ3) is 4.05. The maximum absolute atomic E-state index is 9.75. The highest BCUT2D eigenvalue weighted by Gasteiger charge is 2.24. The zero-order chi connectivity index (χ0) is 20.9. The van der Waals surface area contributed by atoms with Gasteiger partial charge in [-0.3, -0.25) is 4.90 Å². The minimum absolute atomic E-state index is 0.673. The first-order valence-corrected chi connectivity index (χ1v) is 10.5. The fourth-order valence-corrected chi connectivity index (χ4v) is 3.94. The molecule has 3 heterocycles. The number of aryl methyl sites for hydroxylation is 1. The van der Waals surface area contributed by atoms with Crippen LogP contribution < -0.4 is 4.90 Å². The first-order valence-electron chi connectivity index (χ1n) is 10.5. The molecule has 0 spiro atoms. The summed E-state index contributed by atoms with van der Waals surface area (Å²) in [4.78, 5) is 9.12. The van der Waals surface area contributed by atoms with Crippen molar-refractivity contribution in [1.82, 2.24) is 20.1 Å². The molecule has 7 nitrogen and oxygen atoms in total. The van der Waals surface area contributed by atoms with Gasteiger partial charge in [-0.05, 0) is 18.4 Å². The van der Waals surface area contributed by atoms with Crippen LogP contribution in [0.15, 0.2) is 41.0 Å². The molecule has 0 aliphatic carbocycles. The van der Waals surface area contributed by atoms with Crippen LogP contribution in [-0.4, -0.2) is 46.3 Å². The van der Waals surface area contributed by atoms with Gasteiger partial charge >= 0.3 is 0 Å². The summed E-state index contributed by atoms with van der Waals surface area (Å²) in [7, 11) is 0. The van der Waals surface area contributed by atoms with Crippen LogP contribution in [0.5, 0.6) is 0 Å². The van der Waals surface area contributed by atoms with E-state index in [0.29, 0.717) is 17.9 Å². The van der Waals surface area contributed by atoms with Gasteiger partial charge in [-0.2, -0.15) is 10.4 Å². The summed E-state index contributed by atoms with van der Waals surface area (Å²) in [5.74, 6) is 1.44. The number of rotatable bonds is 6. The van der Waals surface area contributed by atoms with Crippen molar-refractivity contribution in [1.29, 1.82) is 5.26 Å². The lowest BCUT2D eigenvalue weighted by molar-refractivity contribution is 0.225. The Morgan fingerprint density at radius 1 is 1.03 bits per heavy atom. The van der Waals surface area contributed by atoms with Crippen molar-refractivity contribution in [2.45, 2.75) is 33.2 Å². The highest BCUT2D eigenvalue weighted by molar-refractivity contribution is 5.59. The largest absolute Gasteiger partial charge is 0.447 e. The number of nitriles is 1. The third-order valence-corrected chi connectivity index (χ3v) is 5.59. The monoisotopic (exact) mass is 402 g/mol. The Morgan fingerprint density at radius 3 is 2.47 bits per heavy atom. The van der Waals surface area contributed by atoms with E-state index in [1.807, 2.05) is 30.3 Å². The van der Waals surface area contributed by atoms with E-state index >= 15 is 0 Å². The lowest BCUT2D eigenvalue weighted by Gasteiger charge is -2.35. The number of hydrogen-bond donors (Lipinski definition) is 0. The first kappa shape index (κ1) is 20.0. The maximum atomic E-state index is 9.75. The van der Waals surface area contributed by atoms with E-state index in [9.17, 15) is 5.26 Å². The molecule has 0 amide bonds. The molecule has 0 N–H and O–H groups in total. The highest BCUT2D eigenvalue weighted by atomic mass is 16.3. The second kappa shape index (κ2) is 9.06. The van der Waals surface area contributed by atoms with Crippen molar-refractivity contribution in [2.24, 2.45) is 0 Å². The molecule has 1 saturated heterocycles. The lowest BCUT2D eigenvalue weighted by atomic mass is 10.0.